The molecule has 1 spiro atoms. The lowest BCUT2D eigenvalue weighted by Gasteiger charge is -2.52. The molecule has 0 radical (unpaired) electrons. The van der Waals surface area contributed by atoms with Gasteiger partial charge in [-0.15, -0.1) is 0 Å². The van der Waals surface area contributed by atoms with Crippen molar-refractivity contribution in [2.75, 3.05) is 4.90 Å². The van der Waals surface area contributed by atoms with Gasteiger partial charge in [-0.3, -0.25) is 9.59 Å². The third-order valence-corrected chi connectivity index (χ3v) is 7.19. The number of imide groups is 1. The average Bonchev–Trinajstić information content (AvgIpc) is 3.08. The van der Waals surface area contributed by atoms with Crippen molar-refractivity contribution in [1.82, 2.24) is 4.90 Å². The van der Waals surface area contributed by atoms with Crippen molar-refractivity contribution in [3.05, 3.63) is 100 Å². The molecule has 1 fully saturated rings. The van der Waals surface area contributed by atoms with Crippen LogP contribution in [0.3, 0.4) is 0 Å². The first-order chi connectivity index (χ1) is 17.1. The van der Waals surface area contributed by atoms with E-state index in [0.29, 0.717) is 24.2 Å². The number of nitrogens with zero attached hydrogens (tertiary/aromatic N) is 2. The van der Waals surface area contributed by atoms with E-state index in [1.54, 1.807) is 25.7 Å². The van der Waals surface area contributed by atoms with Crippen LogP contribution in [0.15, 0.2) is 83.3 Å². The van der Waals surface area contributed by atoms with E-state index in [2.05, 4.69) is 15.9 Å². The predicted octanol–water partition coefficient (Wildman–Crippen LogP) is 5.83. The summed E-state index contributed by atoms with van der Waals surface area (Å²) in [7, 11) is 0. The van der Waals surface area contributed by atoms with Crippen LogP contribution in [0, 0.1) is 5.92 Å². The Hall–Kier alpha value is -3.45. The van der Waals surface area contributed by atoms with E-state index in [1.807, 2.05) is 78.9 Å². The fourth-order valence-corrected chi connectivity index (χ4v) is 5.43. The van der Waals surface area contributed by atoms with Gasteiger partial charge in [-0.05, 0) is 56.5 Å². The molecule has 3 aromatic rings. The lowest BCUT2D eigenvalue weighted by Crippen LogP contribution is -2.74. The minimum atomic E-state index is -1.46. The highest BCUT2D eigenvalue weighted by atomic mass is 79.9. The molecule has 2 heterocycles. The summed E-state index contributed by atoms with van der Waals surface area (Å²) in [6.45, 7) is 5.56. The fourth-order valence-electron chi connectivity index (χ4n) is 5.17. The number of hydrogen-bond acceptors (Lipinski definition) is 4. The fraction of sp³-hybridized carbons (Fsp3) is 0.276. The van der Waals surface area contributed by atoms with Gasteiger partial charge in [0.1, 0.15) is 5.60 Å². The normalized spacial score (nSPS) is 20.9. The molecule has 2 atom stereocenters. The Bertz CT molecular complexity index is 1330. The van der Waals surface area contributed by atoms with Crippen LogP contribution in [0.4, 0.5) is 10.5 Å². The summed E-state index contributed by atoms with van der Waals surface area (Å²) in [6, 6.07) is 24.8. The number of anilines is 1. The molecule has 0 unspecified atom stereocenters. The van der Waals surface area contributed by atoms with Gasteiger partial charge in [0.2, 0.25) is 5.91 Å². The van der Waals surface area contributed by atoms with Crippen molar-refractivity contribution in [3.63, 3.8) is 0 Å². The van der Waals surface area contributed by atoms with Crippen LogP contribution in [0.1, 0.15) is 37.5 Å². The van der Waals surface area contributed by atoms with Crippen molar-refractivity contribution in [1.29, 1.82) is 0 Å². The predicted molar refractivity (Wildman–Crippen MR) is 140 cm³/mol. The molecule has 0 N–H and O–H groups in total. The number of amides is 3. The van der Waals surface area contributed by atoms with Crippen molar-refractivity contribution in [3.8, 4) is 0 Å². The molecule has 5 rings (SSSR count). The summed E-state index contributed by atoms with van der Waals surface area (Å²) >= 11 is 3.44. The quantitative estimate of drug-likeness (QED) is 0.386. The number of ether oxygens (including phenoxy) is 1. The van der Waals surface area contributed by atoms with Gasteiger partial charge in [-0.25, -0.2) is 9.69 Å². The third kappa shape index (κ3) is 3.91. The lowest BCUT2D eigenvalue weighted by molar-refractivity contribution is -0.175. The van der Waals surface area contributed by atoms with E-state index < -0.39 is 29.1 Å². The van der Waals surface area contributed by atoms with E-state index in [1.165, 1.54) is 0 Å². The maximum Gasteiger partial charge on any atom is 0.418 e. The zero-order valence-electron chi connectivity index (χ0n) is 20.4. The summed E-state index contributed by atoms with van der Waals surface area (Å²) in [5.41, 5.74) is 0.938. The highest BCUT2D eigenvalue weighted by molar-refractivity contribution is 9.10. The van der Waals surface area contributed by atoms with Crippen LogP contribution in [0.25, 0.3) is 0 Å². The highest BCUT2D eigenvalue weighted by Crippen LogP contribution is 2.56. The molecule has 1 saturated heterocycles. The van der Waals surface area contributed by atoms with Crippen LogP contribution in [-0.4, -0.2) is 28.4 Å². The Kier molecular flexibility index (Phi) is 5.99. The van der Waals surface area contributed by atoms with E-state index >= 15 is 0 Å². The molecule has 2 aliphatic heterocycles. The number of halogens is 1. The zero-order valence-corrected chi connectivity index (χ0v) is 22.0. The SMILES string of the molecule is CC(C)(C)OC(=O)N1C(=O)[C@H](Cc2ccc(Br)cc2)[C@@]12C(=O)N(Cc1ccccc1)c1ccccc12. The molecule has 3 amide bonds. The van der Waals surface area contributed by atoms with Gasteiger partial charge in [-0.2, -0.15) is 0 Å². The molecule has 184 valence electrons. The number of carbonyl (C=O) groups is 3. The summed E-state index contributed by atoms with van der Waals surface area (Å²) in [5, 5.41) is 0. The number of para-hydroxylation sites is 1. The van der Waals surface area contributed by atoms with Crippen molar-refractivity contribution in [2.45, 2.75) is 44.9 Å². The van der Waals surface area contributed by atoms with Gasteiger partial charge in [0.05, 0.1) is 18.2 Å². The first-order valence-electron chi connectivity index (χ1n) is 11.9. The number of β-lactam (4-membered cyclic amide) rings is 1. The van der Waals surface area contributed by atoms with Gasteiger partial charge < -0.3 is 9.64 Å². The Labute approximate surface area is 219 Å². The monoisotopic (exact) mass is 546 g/mol. The van der Waals surface area contributed by atoms with Gasteiger partial charge in [-0.1, -0.05) is 76.6 Å². The van der Waals surface area contributed by atoms with E-state index in [4.69, 9.17) is 4.74 Å². The first kappa shape index (κ1) is 24.3. The standard InChI is InChI=1S/C29H27BrN2O4/c1-28(2,3)36-27(35)32-25(33)23(17-19-13-15-21(30)16-14-19)29(32)22-11-7-8-12-24(22)31(26(29)34)18-20-9-5-4-6-10-20/h4-16,23H,17-18H2,1-3H3/t23-,29-/m0/s1. The largest absolute Gasteiger partial charge is 0.443 e. The second-order valence-electron chi connectivity index (χ2n) is 10.2. The molecule has 0 bridgehead atoms. The number of fused-ring (bicyclic) bond motifs is 2. The second kappa shape index (κ2) is 8.89. The van der Waals surface area contributed by atoms with Gasteiger partial charge in [0, 0.05) is 10.0 Å². The lowest BCUT2D eigenvalue weighted by atomic mass is 9.67. The minimum Gasteiger partial charge on any atom is -0.443 e. The molecular weight excluding hydrogens is 520 g/mol. The van der Waals surface area contributed by atoms with Crippen LogP contribution in [0.5, 0.6) is 0 Å². The Morgan fingerprint density at radius 3 is 2.22 bits per heavy atom. The molecule has 6 nitrogen and oxygen atoms in total. The number of likely N-dealkylation sites (tertiary alicyclic amines) is 1. The minimum absolute atomic E-state index is 0.292. The van der Waals surface area contributed by atoms with E-state index in [0.717, 1.165) is 20.5 Å². The van der Waals surface area contributed by atoms with Crippen LogP contribution < -0.4 is 4.90 Å². The summed E-state index contributed by atoms with van der Waals surface area (Å²) in [4.78, 5) is 44.1. The average molecular weight is 547 g/mol. The molecule has 0 aromatic heterocycles. The first-order valence-corrected chi connectivity index (χ1v) is 12.7. The zero-order chi connectivity index (χ0) is 25.7. The molecule has 3 aromatic carbocycles. The maximum absolute atomic E-state index is 14.4. The van der Waals surface area contributed by atoms with Gasteiger partial charge in [0.15, 0.2) is 5.54 Å². The summed E-state index contributed by atoms with van der Waals surface area (Å²) in [5.74, 6) is -1.43. The highest BCUT2D eigenvalue weighted by Gasteiger charge is 2.72. The van der Waals surface area contributed by atoms with Crippen LogP contribution in [-0.2, 0) is 32.8 Å². The van der Waals surface area contributed by atoms with E-state index in [9.17, 15) is 14.4 Å². The summed E-state index contributed by atoms with van der Waals surface area (Å²) < 4.78 is 6.54. The van der Waals surface area contributed by atoms with Gasteiger partial charge in [0.25, 0.3) is 5.91 Å². The number of carbonyl (C=O) groups excluding carboxylic acids is 3. The van der Waals surface area contributed by atoms with Crippen molar-refractivity contribution < 1.29 is 19.1 Å². The topological polar surface area (TPSA) is 66.9 Å². The molecule has 0 saturated carbocycles. The Balaban J connectivity index is 1.62. The smallest absolute Gasteiger partial charge is 0.418 e. The maximum atomic E-state index is 14.4. The number of rotatable bonds is 4. The Morgan fingerprint density at radius 1 is 0.917 bits per heavy atom. The molecular formula is C29H27BrN2O4. The number of hydrogen-bond donors (Lipinski definition) is 0. The second-order valence-corrected chi connectivity index (χ2v) is 11.1. The van der Waals surface area contributed by atoms with Crippen molar-refractivity contribution in [2.24, 2.45) is 5.92 Å². The van der Waals surface area contributed by atoms with Crippen LogP contribution >= 0.6 is 15.9 Å². The van der Waals surface area contributed by atoms with Crippen molar-refractivity contribution >= 4 is 39.5 Å². The van der Waals surface area contributed by atoms with E-state index in [-0.39, 0.29) is 5.91 Å². The molecule has 7 heteroatoms. The van der Waals surface area contributed by atoms with Crippen LogP contribution in [0.2, 0.25) is 0 Å². The Morgan fingerprint density at radius 2 is 1.56 bits per heavy atom. The number of benzene rings is 3. The molecule has 36 heavy (non-hydrogen) atoms. The molecule has 2 aliphatic rings. The summed E-state index contributed by atoms with van der Waals surface area (Å²) in [6.07, 6.45) is -0.478. The third-order valence-electron chi connectivity index (χ3n) is 6.66. The van der Waals surface area contributed by atoms with Gasteiger partial charge >= 0.3 is 6.09 Å². The molecule has 0 aliphatic carbocycles.